The maximum Gasteiger partial charge on any atom is 0.258 e. The average Bonchev–Trinajstić information content (AvgIpc) is 2.64. The maximum absolute atomic E-state index is 14.1. The number of allylic oxidation sites excluding steroid dienone is 1. The fraction of sp³-hybridized carbons (Fsp3) is 0.481. The highest BCUT2D eigenvalue weighted by Gasteiger charge is 2.47. The summed E-state index contributed by atoms with van der Waals surface area (Å²) in [7, 11) is -2.06. The molecule has 0 saturated heterocycles. The van der Waals surface area contributed by atoms with E-state index in [1.54, 1.807) is 19.1 Å². The van der Waals surface area contributed by atoms with Gasteiger partial charge < -0.3 is 9.53 Å². The molecule has 0 fully saturated rings. The molecule has 1 atom stereocenters. The van der Waals surface area contributed by atoms with Gasteiger partial charge in [0.1, 0.15) is 17.7 Å². The molecule has 2 aromatic rings. The molecule has 4 heteroatoms. The summed E-state index contributed by atoms with van der Waals surface area (Å²) in [5, 5.41) is 11.2. The Morgan fingerprint density at radius 2 is 1.42 bits per heavy atom. The zero-order valence-electron chi connectivity index (χ0n) is 20.6. The Kier molecular flexibility index (Phi) is 7.93. The standard InChI is InChI=1S/C27H39FO2Si/c1-16(2)24-15-22(11-12-25(24)28)27(29)26-20(9)13-23(14-21(26)10)30-31(17(3)4,18(5)6)19(7)8/h11-15,17-19,27,29H,1H2,2-10H3. The van der Waals surface area contributed by atoms with Gasteiger partial charge in [-0.2, -0.15) is 0 Å². The van der Waals surface area contributed by atoms with Gasteiger partial charge in [-0.3, -0.25) is 0 Å². The fourth-order valence-electron chi connectivity index (χ4n) is 5.19. The number of rotatable bonds is 8. The molecule has 0 saturated carbocycles. The lowest BCUT2D eigenvalue weighted by molar-refractivity contribution is 0.218. The monoisotopic (exact) mass is 442 g/mol. The second-order valence-electron chi connectivity index (χ2n) is 9.81. The first-order valence-corrected chi connectivity index (χ1v) is 13.4. The van der Waals surface area contributed by atoms with Gasteiger partial charge in [0.15, 0.2) is 0 Å². The summed E-state index contributed by atoms with van der Waals surface area (Å²) < 4.78 is 20.9. The van der Waals surface area contributed by atoms with Crippen molar-refractivity contribution in [1.82, 2.24) is 0 Å². The third-order valence-electron chi connectivity index (χ3n) is 6.61. The van der Waals surface area contributed by atoms with Crippen molar-refractivity contribution in [2.75, 3.05) is 0 Å². The van der Waals surface area contributed by atoms with Gasteiger partial charge >= 0.3 is 0 Å². The zero-order valence-corrected chi connectivity index (χ0v) is 21.6. The second-order valence-corrected chi connectivity index (χ2v) is 15.2. The Morgan fingerprint density at radius 3 is 1.84 bits per heavy atom. The van der Waals surface area contributed by atoms with Crippen LogP contribution >= 0.6 is 0 Å². The summed E-state index contributed by atoms with van der Waals surface area (Å²) in [6.45, 7) is 23.3. The molecule has 0 aromatic heterocycles. The van der Waals surface area contributed by atoms with Gasteiger partial charge in [0.25, 0.3) is 8.32 Å². The van der Waals surface area contributed by atoms with Gasteiger partial charge in [0, 0.05) is 5.56 Å². The molecule has 0 spiro atoms. The molecule has 0 aliphatic heterocycles. The van der Waals surface area contributed by atoms with Crippen molar-refractivity contribution in [2.24, 2.45) is 0 Å². The number of benzene rings is 2. The normalized spacial score (nSPS) is 13.2. The SMILES string of the molecule is C=C(C)c1cc(C(O)c2c(C)cc(O[Si](C(C)C)(C(C)C)C(C)C)cc2C)ccc1F. The van der Waals surface area contributed by atoms with Crippen LogP contribution in [0.1, 0.15) is 82.4 Å². The van der Waals surface area contributed by atoms with Crippen molar-refractivity contribution in [1.29, 1.82) is 0 Å². The minimum absolute atomic E-state index is 0.321. The minimum Gasteiger partial charge on any atom is -0.543 e. The van der Waals surface area contributed by atoms with E-state index in [4.69, 9.17) is 4.43 Å². The highest BCUT2D eigenvalue weighted by Crippen LogP contribution is 2.43. The predicted molar refractivity (Wildman–Crippen MR) is 133 cm³/mol. The van der Waals surface area contributed by atoms with E-state index in [2.05, 4.69) is 48.1 Å². The molecule has 2 rings (SSSR count). The smallest absolute Gasteiger partial charge is 0.258 e. The van der Waals surface area contributed by atoms with Crippen molar-refractivity contribution < 1.29 is 13.9 Å². The van der Waals surface area contributed by atoms with Crippen LogP contribution in [-0.2, 0) is 0 Å². The molecule has 1 N–H and O–H groups in total. The molecule has 0 aliphatic rings. The van der Waals surface area contributed by atoms with E-state index < -0.39 is 14.4 Å². The molecule has 2 nitrogen and oxygen atoms in total. The van der Waals surface area contributed by atoms with Crippen molar-refractivity contribution in [3.05, 3.63) is 70.5 Å². The Morgan fingerprint density at radius 1 is 0.935 bits per heavy atom. The van der Waals surface area contributed by atoms with Gasteiger partial charge in [0.2, 0.25) is 0 Å². The van der Waals surface area contributed by atoms with Crippen LogP contribution in [0.2, 0.25) is 16.6 Å². The Bertz CT molecular complexity index is 901. The first-order valence-electron chi connectivity index (χ1n) is 11.3. The molecule has 2 aromatic carbocycles. The number of aliphatic hydroxyl groups is 1. The van der Waals surface area contributed by atoms with E-state index in [0.29, 0.717) is 33.3 Å². The number of aryl methyl sites for hydroxylation is 2. The molecule has 0 aliphatic carbocycles. The molecule has 0 bridgehead atoms. The molecule has 0 heterocycles. The first-order chi connectivity index (χ1) is 14.3. The van der Waals surface area contributed by atoms with Gasteiger partial charge in [0.05, 0.1) is 0 Å². The third-order valence-corrected chi connectivity index (χ3v) is 12.6. The van der Waals surface area contributed by atoms with Crippen LogP contribution < -0.4 is 4.43 Å². The topological polar surface area (TPSA) is 29.5 Å². The molecule has 1 unspecified atom stereocenters. The Hall–Kier alpha value is -1.91. The van der Waals surface area contributed by atoms with Crippen LogP contribution in [0.3, 0.4) is 0 Å². The van der Waals surface area contributed by atoms with Gasteiger partial charge in [-0.25, -0.2) is 4.39 Å². The number of hydrogen-bond acceptors (Lipinski definition) is 2. The lowest BCUT2D eigenvalue weighted by Crippen LogP contribution is -2.50. The van der Waals surface area contributed by atoms with Crippen LogP contribution in [-0.4, -0.2) is 13.4 Å². The molecule has 0 radical (unpaired) electrons. The van der Waals surface area contributed by atoms with Gasteiger partial charge in [-0.15, -0.1) is 0 Å². The number of aliphatic hydroxyl groups excluding tert-OH is 1. The summed E-state index contributed by atoms with van der Waals surface area (Å²) in [6, 6.07) is 8.83. The Labute approximate surface area is 189 Å². The van der Waals surface area contributed by atoms with Crippen LogP contribution in [0.5, 0.6) is 5.75 Å². The van der Waals surface area contributed by atoms with Crippen LogP contribution in [0.25, 0.3) is 5.57 Å². The molecule has 31 heavy (non-hydrogen) atoms. The minimum atomic E-state index is -2.06. The zero-order chi connectivity index (χ0) is 23.7. The summed E-state index contributed by atoms with van der Waals surface area (Å²) in [5.74, 6) is 0.563. The quantitative estimate of drug-likeness (QED) is 0.418. The van der Waals surface area contributed by atoms with E-state index in [-0.39, 0.29) is 5.82 Å². The van der Waals surface area contributed by atoms with Gasteiger partial charge in [-0.1, -0.05) is 54.2 Å². The Balaban J connectivity index is 2.49. The molecule has 170 valence electrons. The fourth-order valence-corrected chi connectivity index (χ4v) is 10.4. The predicted octanol–water partition coefficient (Wildman–Crippen LogP) is 8.11. The molecular formula is C27H39FO2Si. The lowest BCUT2D eigenvalue weighted by Gasteiger charge is -2.42. The third kappa shape index (κ3) is 4.96. The summed E-state index contributed by atoms with van der Waals surface area (Å²) in [6.07, 6.45) is -0.838. The van der Waals surface area contributed by atoms with E-state index in [9.17, 15) is 9.50 Å². The van der Waals surface area contributed by atoms with Crippen molar-refractivity contribution >= 4 is 13.9 Å². The molecular weight excluding hydrogens is 403 g/mol. The summed E-state index contributed by atoms with van der Waals surface area (Å²) in [5.41, 5.74) is 5.99. The van der Waals surface area contributed by atoms with Crippen LogP contribution in [0.4, 0.5) is 4.39 Å². The van der Waals surface area contributed by atoms with Crippen molar-refractivity contribution in [2.45, 2.75) is 85.0 Å². The van der Waals surface area contributed by atoms with Crippen molar-refractivity contribution in [3.63, 3.8) is 0 Å². The van der Waals surface area contributed by atoms with Gasteiger partial charge in [-0.05, 0) is 89.5 Å². The lowest BCUT2D eigenvalue weighted by atomic mass is 9.91. The largest absolute Gasteiger partial charge is 0.543 e. The van der Waals surface area contributed by atoms with E-state index >= 15 is 0 Å². The highest BCUT2D eigenvalue weighted by atomic mass is 28.4. The number of hydrogen-bond donors (Lipinski definition) is 1. The van der Waals surface area contributed by atoms with Crippen LogP contribution in [0, 0.1) is 19.7 Å². The average molecular weight is 443 g/mol. The van der Waals surface area contributed by atoms with E-state index in [1.165, 1.54) is 6.07 Å². The second kappa shape index (κ2) is 9.70. The highest BCUT2D eigenvalue weighted by molar-refractivity contribution is 6.78. The summed E-state index contributed by atoms with van der Waals surface area (Å²) in [4.78, 5) is 0. The number of halogens is 1. The maximum atomic E-state index is 14.1. The van der Waals surface area contributed by atoms with E-state index in [1.807, 2.05) is 26.0 Å². The summed E-state index contributed by atoms with van der Waals surface area (Å²) >= 11 is 0. The molecule has 0 amide bonds. The van der Waals surface area contributed by atoms with Crippen molar-refractivity contribution in [3.8, 4) is 5.75 Å². The van der Waals surface area contributed by atoms with E-state index in [0.717, 1.165) is 22.4 Å². The van der Waals surface area contributed by atoms with Crippen LogP contribution in [0.15, 0.2) is 36.9 Å². The first kappa shape index (κ1) is 25.3.